The Morgan fingerprint density at radius 3 is 3.15 bits per heavy atom. The van der Waals surface area contributed by atoms with Crippen LogP contribution in [-0.2, 0) is 12.8 Å². The summed E-state index contributed by atoms with van der Waals surface area (Å²) in [4.78, 5) is 0. The van der Waals surface area contributed by atoms with Crippen LogP contribution >= 0.6 is 0 Å². The van der Waals surface area contributed by atoms with Crippen LogP contribution in [0.25, 0.3) is 11.0 Å². The summed E-state index contributed by atoms with van der Waals surface area (Å²) in [5.41, 5.74) is 2.46. The highest BCUT2D eigenvalue weighted by atomic mass is 16.3. The van der Waals surface area contributed by atoms with E-state index in [1.165, 1.54) is 36.0 Å². The molecule has 1 aliphatic rings. The van der Waals surface area contributed by atoms with Crippen LogP contribution in [0.2, 0.25) is 0 Å². The van der Waals surface area contributed by atoms with Crippen LogP contribution in [0.5, 0.6) is 0 Å². The molecule has 0 saturated heterocycles. The number of aryl methyl sites for hydroxylation is 2. The third-order valence-corrected chi connectivity index (χ3v) is 2.80. The third kappa shape index (κ3) is 0.998. The Hall–Kier alpha value is -1.24. The van der Waals surface area contributed by atoms with Crippen LogP contribution in [0.4, 0.5) is 0 Å². The Morgan fingerprint density at radius 1 is 1.23 bits per heavy atom. The number of benzene rings is 1. The molecule has 65 valence electrons. The maximum atomic E-state index is 5.77. The summed E-state index contributed by atoms with van der Waals surface area (Å²) in [5, 5.41) is 1.28. The molecule has 0 amide bonds. The van der Waals surface area contributed by atoms with Gasteiger partial charge < -0.3 is 4.42 Å². The number of fused-ring (bicyclic) bond motifs is 3. The van der Waals surface area contributed by atoms with E-state index < -0.39 is 0 Å². The van der Waals surface area contributed by atoms with E-state index in [-0.39, 0.29) is 0 Å². The fraction of sp³-hybridized carbons (Fsp3) is 0.333. The fourth-order valence-electron chi connectivity index (χ4n) is 2.15. The summed E-state index contributed by atoms with van der Waals surface area (Å²) in [5.74, 6) is 1.21. The maximum Gasteiger partial charge on any atom is 0.134 e. The highest BCUT2D eigenvalue weighted by molar-refractivity contribution is 5.82. The van der Waals surface area contributed by atoms with Gasteiger partial charge in [-0.2, -0.15) is 0 Å². The average molecular weight is 171 g/mol. The van der Waals surface area contributed by atoms with Crippen molar-refractivity contribution in [1.29, 1.82) is 0 Å². The Morgan fingerprint density at radius 2 is 2.15 bits per heavy atom. The van der Waals surface area contributed by atoms with Crippen LogP contribution in [0.15, 0.2) is 22.6 Å². The summed E-state index contributed by atoms with van der Waals surface area (Å²) in [7, 11) is 0. The first-order valence-corrected chi connectivity index (χ1v) is 4.85. The van der Waals surface area contributed by atoms with Gasteiger partial charge in [-0.15, -0.1) is 0 Å². The third-order valence-electron chi connectivity index (χ3n) is 2.80. The van der Waals surface area contributed by atoms with Crippen LogP contribution < -0.4 is 0 Å². The molecule has 2 aromatic rings. The molecule has 0 saturated carbocycles. The Balaban J connectivity index is 2.34. The van der Waals surface area contributed by atoms with Gasteiger partial charge in [0.1, 0.15) is 11.3 Å². The molecule has 1 nitrogen and oxygen atoms in total. The molecular formula is C12H11O. The van der Waals surface area contributed by atoms with Crippen molar-refractivity contribution in [3.63, 3.8) is 0 Å². The van der Waals surface area contributed by atoms with Crippen molar-refractivity contribution in [2.24, 2.45) is 0 Å². The van der Waals surface area contributed by atoms with E-state index in [0.29, 0.717) is 0 Å². The maximum absolute atomic E-state index is 5.77. The van der Waals surface area contributed by atoms with Crippen molar-refractivity contribution in [1.82, 2.24) is 0 Å². The van der Waals surface area contributed by atoms with E-state index in [1.54, 1.807) is 0 Å². The van der Waals surface area contributed by atoms with Crippen molar-refractivity contribution in [3.05, 3.63) is 35.6 Å². The predicted molar refractivity (Wildman–Crippen MR) is 51.7 cm³/mol. The number of hydrogen-bond acceptors (Lipinski definition) is 1. The Kier molecular flexibility index (Phi) is 1.45. The van der Waals surface area contributed by atoms with E-state index >= 15 is 0 Å². The molecule has 0 spiro atoms. The van der Waals surface area contributed by atoms with Gasteiger partial charge in [0.05, 0.1) is 0 Å². The van der Waals surface area contributed by atoms with Gasteiger partial charge in [-0.25, -0.2) is 0 Å². The average Bonchev–Trinajstić information content (AvgIpc) is 2.56. The molecule has 1 radical (unpaired) electrons. The zero-order valence-corrected chi connectivity index (χ0v) is 7.47. The number of hydrogen-bond donors (Lipinski definition) is 0. The minimum Gasteiger partial charge on any atom is -0.461 e. The zero-order valence-electron chi connectivity index (χ0n) is 7.47. The molecule has 1 heterocycles. The second kappa shape index (κ2) is 2.63. The highest BCUT2D eigenvalue weighted by Gasteiger charge is 2.16. The van der Waals surface area contributed by atoms with Crippen molar-refractivity contribution in [2.45, 2.75) is 25.7 Å². The molecule has 1 aromatic heterocycles. The summed E-state index contributed by atoms with van der Waals surface area (Å²) in [6.45, 7) is 0. The first-order chi connectivity index (χ1) is 6.45. The molecule has 0 bridgehead atoms. The molecule has 0 atom stereocenters. The number of furan rings is 1. The lowest BCUT2D eigenvalue weighted by Crippen LogP contribution is -1.98. The summed E-state index contributed by atoms with van der Waals surface area (Å²) < 4.78 is 5.77. The van der Waals surface area contributed by atoms with E-state index in [1.807, 2.05) is 18.2 Å². The van der Waals surface area contributed by atoms with Crippen molar-refractivity contribution in [2.75, 3.05) is 0 Å². The highest BCUT2D eigenvalue weighted by Crippen LogP contribution is 2.31. The van der Waals surface area contributed by atoms with E-state index in [2.05, 4.69) is 6.07 Å². The molecule has 0 N–H and O–H groups in total. The quantitative estimate of drug-likeness (QED) is 0.593. The van der Waals surface area contributed by atoms with Crippen molar-refractivity contribution < 1.29 is 4.42 Å². The first kappa shape index (κ1) is 7.19. The summed E-state index contributed by atoms with van der Waals surface area (Å²) in [6, 6.07) is 9.08. The summed E-state index contributed by atoms with van der Waals surface area (Å²) >= 11 is 0. The van der Waals surface area contributed by atoms with E-state index in [4.69, 9.17) is 4.42 Å². The SMILES string of the molecule is [c]1ccc2oc3c(c2c1)CCCC3. The minimum absolute atomic E-state index is 1.03. The lowest BCUT2D eigenvalue weighted by molar-refractivity contribution is 0.506. The molecule has 0 unspecified atom stereocenters. The van der Waals surface area contributed by atoms with E-state index in [9.17, 15) is 0 Å². The molecule has 0 fully saturated rings. The van der Waals surface area contributed by atoms with Crippen LogP contribution in [0.1, 0.15) is 24.2 Å². The smallest absolute Gasteiger partial charge is 0.134 e. The van der Waals surface area contributed by atoms with Gasteiger partial charge in [0.2, 0.25) is 0 Å². The Bertz CT molecular complexity index is 439. The molecule has 1 aromatic carbocycles. The molecule has 1 heteroatoms. The molecule has 13 heavy (non-hydrogen) atoms. The van der Waals surface area contributed by atoms with Gasteiger partial charge in [-0.1, -0.05) is 6.07 Å². The monoisotopic (exact) mass is 171 g/mol. The minimum atomic E-state index is 1.03. The predicted octanol–water partition coefficient (Wildman–Crippen LogP) is 3.11. The molecule has 1 aliphatic carbocycles. The molecule has 3 rings (SSSR count). The lowest BCUT2D eigenvalue weighted by Gasteiger charge is -2.08. The molecule has 0 aliphatic heterocycles. The van der Waals surface area contributed by atoms with Crippen molar-refractivity contribution >= 4 is 11.0 Å². The van der Waals surface area contributed by atoms with Crippen LogP contribution in [-0.4, -0.2) is 0 Å². The van der Waals surface area contributed by atoms with Gasteiger partial charge in [-0.05, 0) is 37.5 Å². The summed E-state index contributed by atoms with van der Waals surface area (Å²) in [6.07, 6.45) is 4.87. The largest absolute Gasteiger partial charge is 0.461 e. The van der Waals surface area contributed by atoms with Gasteiger partial charge >= 0.3 is 0 Å². The van der Waals surface area contributed by atoms with E-state index in [0.717, 1.165) is 12.0 Å². The van der Waals surface area contributed by atoms with Gasteiger partial charge in [0.25, 0.3) is 0 Å². The first-order valence-electron chi connectivity index (χ1n) is 4.85. The standard InChI is InChI=1S/C12H11O/c1-3-7-11-9(5-1)10-6-2-4-8-12(10)13-11/h4,6,8H,1,3,5,7H2. The second-order valence-corrected chi connectivity index (χ2v) is 3.63. The zero-order chi connectivity index (χ0) is 8.67. The topological polar surface area (TPSA) is 13.1 Å². The van der Waals surface area contributed by atoms with Crippen molar-refractivity contribution in [3.8, 4) is 0 Å². The lowest BCUT2D eigenvalue weighted by atomic mass is 9.96. The van der Waals surface area contributed by atoms with Gasteiger partial charge in [0, 0.05) is 17.4 Å². The van der Waals surface area contributed by atoms with Gasteiger partial charge in [0.15, 0.2) is 0 Å². The van der Waals surface area contributed by atoms with Gasteiger partial charge in [-0.3, -0.25) is 0 Å². The number of rotatable bonds is 0. The second-order valence-electron chi connectivity index (χ2n) is 3.63. The fourth-order valence-corrected chi connectivity index (χ4v) is 2.15. The normalized spacial score (nSPS) is 16.0. The van der Waals surface area contributed by atoms with Crippen LogP contribution in [0, 0.1) is 6.07 Å². The van der Waals surface area contributed by atoms with Crippen LogP contribution in [0.3, 0.4) is 0 Å². The molecular weight excluding hydrogens is 160 g/mol. The Labute approximate surface area is 77.4 Å².